The molecular formula is C32H38N6O4. The summed E-state index contributed by atoms with van der Waals surface area (Å²) in [7, 11) is 3.12. The van der Waals surface area contributed by atoms with Crippen LogP contribution in [0.1, 0.15) is 50.7 Å². The molecule has 0 aromatic heterocycles. The van der Waals surface area contributed by atoms with E-state index in [0.29, 0.717) is 42.0 Å². The number of imide groups is 1. The predicted molar refractivity (Wildman–Crippen MR) is 162 cm³/mol. The van der Waals surface area contributed by atoms with Crippen LogP contribution in [-0.2, 0) is 6.54 Å². The topological polar surface area (TPSA) is 124 Å². The molecule has 220 valence electrons. The summed E-state index contributed by atoms with van der Waals surface area (Å²) < 4.78 is 10.9. The van der Waals surface area contributed by atoms with Crippen LogP contribution in [0, 0.1) is 5.41 Å². The number of nitrogens with one attached hydrogen (secondary N) is 2. The Kier molecular flexibility index (Phi) is 8.92. The zero-order chi connectivity index (χ0) is 29.6. The van der Waals surface area contributed by atoms with Gasteiger partial charge in [-0.1, -0.05) is 42.5 Å². The fourth-order valence-corrected chi connectivity index (χ4v) is 5.84. The standard InChI is InChI=1S/C32H38N6O4/c1-41-27-14-13-23(20-28(27)42-2)25(12-7-15-35-32(33)34)38-30(39)24-10-6-11-26(29(24)31(38)40)37-18-16-36(17-19-37)21-22-8-4-3-5-9-22/h3-6,8-11,13-14,20,25H,7,12,15-19,21H2,1-2H3,(H4,33,34,35)/t25-/m1/s1. The largest absolute Gasteiger partial charge is 0.493 e. The van der Waals surface area contributed by atoms with Crippen molar-refractivity contribution in [2.75, 3.05) is 51.8 Å². The molecule has 3 aromatic rings. The second-order valence-electron chi connectivity index (χ2n) is 10.5. The summed E-state index contributed by atoms with van der Waals surface area (Å²) in [6, 6.07) is 20.9. The van der Waals surface area contributed by atoms with Crippen molar-refractivity contribution >= 4 is 23.5 Å². The first-order valence-electron chi connectivity index (χ1n) is 14.2. The summed E-state index contributed by atoms with van der Waals surface area (Å²) in [5.74, 6) is 0.365. The van der Waals surface area contributed by atoms with E-state index in [2.05, 4.69) is 39.4 Å². The molecule has 0 spiro atoms. The SMILES string of the molecule is COc1ccc([C@@H](CCCNC(=N)N)N2C(=O)c3cccc(N4CCN(Cc5ccccc5)CC4)c3C2=O)cc1OC. The molecule has 3 aromatic carbocycles. The first-order chi connectivity index (χ1) is 20.4. The highest BCUT2D eigenvalue weighted by molar-refractivity contribution is 6.24. The van der Waals surface area contributed by atoms with E-state index < -0.39 is 6.04 Å². The number of guanidine groups is 1. The number of carbonyl (C=O) groups excluding carboxylic acids is 2. The first kappa shape index (κ1) is 28.9. The number of piperazine rings is 1. The van der Waals surface area contributed by atoms with Gasteiger partial charge in [0, 0.05) is 39.3 Å². The molecular weight excluding hydrogens is 532 g/mol. The number of fused-ring (bicyclic) bond motifs is 1. The number of benzene rings is 3. The maximum absolute atomic E-state index is 14.2. The lowest BCUT2D eigenvalue weighted by molar-refractivity contribution is 0.0572. The van der Waals surface area contributed by atoms with Crippen molar-refractivity contribution in [3.63, 3.8) is 0 Å². The second-order valence-corrected chi connectivity index (χ2v) is 10.5. The van der Waals surface area contributed by atoms with Crippen LogP contribution in [0.3, 0.4) is 0 Å². The van der Waals surface area contributed by atoms with Crippen LogP contribution in [0.25, 0.3) is 0 Å². The van der Waals surface area contributed by atoms with Gasteiger partial charge in [-0.3, -0.25) is 24.8 Å². The fraction of sp³-hybridized carbons (Fsp3) is 0.344. The summed E-state index contributed by atoms with van der Waals surface area (Å²) in [4.78, 5) is 34.1. The third-order valence-electron chi connectivity index (χ3n) is 7.96. The van der Waals surface area contributed by atoms with Gasteiger partial charge in [-0.05, 0) is 48.2 Å². The average Bonchev–Trinajstić information content (AvgIpc) is 3.27. The van der Waals surface area contributed by atoms with Gasteiger partial charge in [-0.2, -0.15) is 0 Å². The first-order valence-corrected chi connectivity index (χ1v) is 14.2. The third-order valence-corrected chi connectivity index (χ3v) is 7.96. The van der Waals surface area contributed by atoms with Gasteiger partial charge in [0.1, 0.15) is 0 Å². The van der Waals surface area contributed by atoms with Crippen LogP contribution in [0.2, 0.25) is 0 Å². The summed E-state index contributed by atoms with van der Waals surface area (Å²) in [5, 5.41) is 10.3. The lowest BCUT2D eigenvalue weighted by atomic mass is 9.99. The van der Waals surface area contributed by atoms with E-state index in [1.165, 1.54) is 10.5 Å². The number of methoxy groups -OCH3 is 2. The van der Waals surface area contributed by atoms with E-state index in [1.807, 2.05) is 30.3 Å². The average molecular weight is 571 g/mol. The monoisotopic (exact) mass is 570 g/mol. The van der Waals surface area contributed by atoms with E-state index >= 15 is 0 Å². The molecule has 0 aliphatic carbocycles. The minimum atomic E-state index is -0.540. The molecule has 0 unspecified atom stereocenters. The third kappa shape index (κ3) is 6.03. The van der Waals surface area contributed by atoms with Crippen LogP contribution in [-0.4, -0.2) is 74.5 Å². The lowest BCUT2D eigenvalue weighted by Crippen LogP contribution is -2.46. The van der Waals surface area contributed by atoms with E-state index in [9.17, 15) is 9.59 Å². The molecule has 2 heterocycles. The van der Waals surface area contributed by atoms with E-state index in [1.54, 1.807) is 26.4 Å². The second kappa shape index (κ2) is 12.9. The maximum atomic E-state index is 14.2. The Morgan fingerprint density at radius 1 is 0.929 bits per heavy atom. The Morgan fingerprint density at radius 3 is 2.36 bits per heavy atom. The highest BCUT2D eigenvalue weighted by Crippen LogP contribution is 2.40. The Morgan fingerprint density at radius 2 is 1.67 bits per heavy atom. The molecule has 1 saturated heterocycles. The van der Waals surface area contributed by atoms with Gasteiger partial charge in [0.05, 0.1) is 37.1 Å². The Bertz CT molecular complexity index is 1440. The van der Waals surface area contributed by atoms with Crippen molar-refractivity contribution in [3.8, 4) is 11.5 Å². The zero-order valence-corrected chi connectivity index (χ0v) is 24.1. The molecule has 10 nitrogen and oxygen atoms in total. The molecule has 2 aliphatic rings. The number of amides is 2. The number of nitrogens with zero attached hydrogens (tertiary/aromatic N) is 3. The molecule has 0 bridgehead atoms. The molecule has 0 saturated carbocycles. The number of rotatable bonds is 11. The Hall–Kier alpha value is -4.57. The van der Waals surface area contributed by atoms with Crippen molar-refractivity contribution in [2.24, 2.45) is 5.73 Å². The summed E-state index contributed by atoms with van der Waals surface area (Å²) in [6.45, 7) is 4.59. The van der Waals surface area contributed by atoms with Crippen LogP contribution in [0.4, 0.5) is 5.69 Å². The molecule has 10 heteroatoms. The highest BCUT2D eigenvalue weighted by atomic mass is 16.5. The zero-order valence-electron chi connectivity index (χ0n) is 24.1. The van der Waals surface area contributed by atoms with Gasteiger partial charge >= 0.3 is 0 Å². The van der Waals surface area contributed by atoms with E-state index in [0.717, 1.165) is 44.0 Å². The van der Waals surface area contributed by atoms with Crippen molar-refractivity contribution in [1.82, 2.24) is 15.1 Å². The predicted octanol–water partition coefficient (Wildman–Crippen LogP) is 3.63. The van der Waals surface area contributed by atoms with Gasteiger partial charge in [-0.15, -0.1) is 0 Å². The molecule has 0 radical (unpaired) electrons. The molecule has 42 heavy (non-hydrogen) atoms. The minimum Gasteiger partial charge on any atom is -0.493 e. The summed E-state index contributed by atoms with van der Waals surface area (Å²) in [5.41, 5.74) is 9.20. The number of ether oxygens (including phenoxy) is 2. The van der Waals surface area contributed by atoms with Gasteiger partial charge in [-0.25, -0.2) is 0 Å². The van der Waals surface area contributed by atoms with Crippen LogP contribution >= 0.6 is 0 Å². The molecule has 1 fully saturated rings. The number of hydrogen-bond donors (Lipinski definition) is 3. The van der Waals surface area contributed by atoms with Gasteiger partial charge < -0.3 is 25.4 Å². The summed E-state index contributed by atoms with van der Waals surface area (Å²) in [6.07, 6.45) is 1.07. The molecule has 2 amide bonds. The molecule has 4 N–H and O–H groups in total. The summed E-state index contributed by atoms with van der Waals surface area (Å²) >= 11 is 0. The van der Waals surface area contributed by atoms with Crippen LogP contribution in [0.15, 0.2) is 66.7 Å². The number of nitrogens with two attached hydrogens (primary N) is 1. The van der Waals surface area contributed by atoms with E-state index in [4.69, 9.17) is 20.6 Å². The van der Waals surface area contributed by atoms with Crippen molar-refractivity contribution in [3.05, 3.63) is 89.0 Å². The fourth-order valence-electron chi connectivity index (χ4n) is 5.84. The van der Waals surface area contributed by atoms with Gasteiger partial charge in [0.2, 0.25) is 0 Å². The van der Waals surface area contributed by atoms with Crippen LogP contribution < -0.4 is 25.4 Å². The lowest BCUT2D eigenvalue weighted by Gasteiger charge is -2.36. The van der Waals surface area contributed by atoms with Gasteiger partial charge in [0.15, 0.2) is 17.5 Å². The number of carbonyl (C=O) groups is 2. The highest BCUT2D eigenvalue weighted by Gasteiger charge is 2.43. The normalized spacial score (nSPS) is 15.9. The maximum Gasteiger partial charge on any atom is 0.264 e. The Balaban J connectivity index is 1.39. The van der Waals surface area contributed by atoms with Crippen LogP contribution in [0.5, 0.6) is 11.5 Å². The number of hydrogen-bond acceptors (Lipinski definition) is 7. The quantitative estimate of drug-likeness (QED) is 0.138. The van der Waals surface area contributed by atoms with E-state index in [-0.39, 0.29) is 17.8 Å². The molecule has 2 aliphatic heterocycles. The van der Waals surface area contributed by atoms with Crippen molar-refractivity contribution < 1.29 is 19.1 Å². The minimum absolute atomic E-state index is 0.119. The smallest absolute Gasteiger partial charge is 0.264 e. The molecule has 5 rings (SSSR count). The van der Waals surface area contributed by atoms with Gasteiger partial charge in [0.25, 0.3) is 11.8 Å². The number of anilines is 1. The molecule has 1 atom stereocenters. The van der Waals surface area contributed by atoms with Crippen molar-refractivity contribution in [2.45, 2.75) is 25.4 Å². The Labute approximate surface area is 246 Å². The van der Waals surface area contributed by atoms with Crippen molar-refractivity contribution in [1.29, 1.82) is 5.41 Å².